The zero-order valence-electron chi connectivity index (χ0n) is 11.6. The maximum atomic E-state index is 12.2. The summed E-state index contributed by atoms with van der Waals surface area (Å²) in [7, 11) is 0. The Kier molecular flexibility index (Phi) is 4.79. The Balaban J connectivity index is 2.00. The summed E-state index contributed by atoms with van der Waals surface area (Å²) in [5.41, 5.74) is 0.981. The van der Waals surface area contributed by atoms with Crippen molar-refractivity contribution in [1.82, 2.24) is 24.9 Å². The monoisotopic (exact) mass is 295 g/mol. The molecule has 0 aliphatic carbocycles. The Morgan fingerprint density at radius 3 is 2.85 bits per heavy atom. The van der Waals surface area contributed by atoms with Crippen LogP contribution in [0, 0.1) is 0 Å². The minimum Gasteiger partial charge on any atom is -0.349 e. The maximum absolute atomic E-state index is 12.2. The SMILES string of the molecule is CCC(C(=O)NCc1ccnn1CC)n1cc(Cl)cn1. The number of aryl methyl sites for hydroxylation is 1. The van der Waals surface area contributed by atoms with Crippen LogP contribution in [0.2, 0.25) is 5.02 Å². The highest BCUT2D eigenvalue weighted by Gasteiger charge is 2.19. The lowest BCUT2D eigenvalue weighted by Crippen LogP contribution is -2.32. The fourth-order valence-corrected chi connectivity index (χ4v) is 2.21. The molecule has 0 bridgehead atoms. The molecule has 0 aromatic carbocycles. The van der Waals surface area contributed by atoms with Gasteiger partial charge < -0.3 is 5.32 Å². The van der Waals surface area contributed by atoms with Crippen molar-refractivity contribution in [2.45, 2.75) is 39.4 Å². The van der Waals surface area contributed by atoms with Crippen LogP contribution >= 0.6 is 11.6 Å². The second-order valence-corrected chi connectivity index (χ2v) is 4.86. The van der Waals surface area contributed by atoms with Gasteiger partial charge in [-0.2, -0.15) is 10.2 Å². The van der Waals surface area contributed by atoms with Gasteiger partial charge in [0.2, 0.25) is 5.91 Å². The van der Waals surface area contributed by atoms with Crippen molar-refractivity contribution in [3.05, 3.63) is 35.4 Å². The molecule has 2 aromatic rings. The maximum Gasteiger partial charge on any atom is 0.245 e. The molecule has 0 radical (unpaired) electrons. The summed E-state index contributed by atoms with van der Waals surface area (Å²) in [6.45, 7) is 5.19. The molecular weight excluding hydrogens is 278 g/mol. The third kappa shape index (κ3) is 3.19. The molecule has 2 heterocycles. The minimum atomic E-state index is -0.347. The summed E-state index contributed by atoms with van der Waals surface area (Å²) in [4.78, 5) is 12.2. The molecule has 0 aliphatic rings. The lowest BCUT2D eigenvalue weighted by atomic mass is 10.2. The molecule has 0 spiro atoms. The molecule has 1 atom stereocenters. The zero-order valence-corrected chi connectivity index (χ0v) is 12.3. The molecule has 108 valence electrons. The quantitative estimate of drug-likeness (QED) is 0.887. The number of aromatic nitrogens is 4. The second kappa shape index (κ2) is 6.56. The number of halogens is 1. The molecule has 6 nitrogen and oxygen atoms in total. The summed E-state index contributed by atoms with van der Waals surface area (Å²) in [6.07, 6.45) is 5.57. The van der Waals surface area contributed by atoms with Crippen molar-refractivity contribution in [3.8, 4) is 0 Å². The van der Waals surface area contributed by atoms with E-state index in [9.17, 15) is 4.79 Å². The normalized spacial score (nSPS) is 12.3. The summed E-state index contributed by atoms with van der Waals surface area (Å²) < 4.78 is 3.45. The highest BCUT2D eigenvalue weighted by Crippen LogP contribution is 2.14. The van der Waals surface area contributed by atoms with Crippen molar-refractivity contribution in [1.29, 1.82) is 0 Å². The first kappa shape index (κ1) is 14.6. The third-order valence-electron chi connectivity index (χ3n) is 3.13. The van der Waals surface area contributed by atoms with E-state index in [2.05, 4.69) is 15.5 Å². The van der Waals surface area contributed by atoms with Gasteiger partial charge in [-0.3, -0.25) is 14.2 Å². The summed E-state index contributed by atoms with van der Waals surface area (Å²) >= 11 is 5.84. The smallest absolute Gasteiger partial charge is 0.245 e. The van der Waals surface area contributed by atoms with Gasteiger partial charge in [0.25, 0.3) is 0 Å². The lowest BCUT2D eigenvalue weighted by molar-refractivity contribution is -0.124. The van der Waals surface area contributed by atoms with E-state index in [0.29, 0.717) is 18.0 Å². The van der Waals surface area contributed by atoms with Crippen LogP contribution in [0.5, 0.6) is 0 Å². The van der Waals surface area contributed by atoms with Crippen molar-refractivity contribution in [2.24, 2.45) is 0 Å². The van der Waals surface area contributed by atoms with E-state index in [-0.39, 0.29) is 11.9 Å². The van der Waals surface area contributed by atoms with Gasteiger partial charge in [-0.1, -0.05) is 18.5 Å². The van der Waals surface area contributed by atoms with Gasteiger partial charge in [0.15, 0.2) is 0 Å². The molecule has 0 saturated carbocycles. The van der Waals surface area contributed by atoms with Crippen LogP contribution in [0.25, 0.3) is 0 Å². The molecule has 1 N–H and O–H groups in total. The average molecular weight is 296 g/mol. The van der Waals surface area contributed by atoms with Gasteiger partial charge in [-0.25, -0.2) is 0 Å². The van der Waals surface area contributed by atoms with Crippen LogP contribution in [0.3, 0.4) is 0 Å². The van der Waals surface area contributed by atoms with Gasteiger partial charge in [-0.15, -0.1) is 0 Å². The lowest BCUT2D eigenvalue weighted by Gasteiger charge is -2.15. The molecule has 2 rings (SSSR count). The summed E-state index contributed by atoms with van der Waals surface area (Å²) in [5, 5.41) is 11.7. The molecule has 0 saturated heterocycles. The number of hydrogen-bond acceptors (Lipinski definition) is 3. The highest BCUT2D eigenvalue weighted by molar-refractivity contribution is 6.30. The van der Waals surface area contributed by atoms with Crippen LogP contribution < -0.4 is 5.32 Å². The standard InChI is InChI=1S/C13H18ClN5O/c1-3-12(19-9-10(14)7-17-19)13(20)15-8-11-5-6-16-18(11)4-2/h5-7,9,12H,3-4,8H2,1-2H3,(H,15,20). The van der Waals surface area contributed by atoms with Crippen LogP contribution in [0.4, 0.5) is 0 Å². The summed E-state index contributed by atoms with van der Waals surface area (Å²) in [5.74, 6) is -0.0730. The van der Waals surface area contributed by atoms with Gasteiger partial charge in [0, 0.05) is 18.9 Å². The van der Waals surface area contributed by atoms with Gasteiger partial charge in [-0.05, 0) is 19.4 Å². The van der Waals surface area contributed by atoms with Crippen molar-refractivity contribution < 1.29 is 4.79 Å². The first-order valence-electron chi connectivity index (χ1n) is 6.63. The highest BCUT2D eigenvalue weighted by atomic mass is 35.5. The second-order valence-electron chi connectivity index (χ2n) is 4.42. The van der Waals surface area contributed by atoms with E-state index in [1.54, 1.807) is 17.1 Å². The molecule has 1 unspecified atom stereocenters. The average Bonchev–Trinajstić information content (AvgIpc) is 3.06. The van der Waals surface area contributed by atoms with Gasteiger partial charge in [0.05, 0.1) is 23.5 Å². The predicted octanol–water partition coefficient (Wildman–Crippen LogP) is 2.02. The number of nitrogens with zero attached hydrogens (tertiary/aromatic N) is 4. The molecule has 2 aromatic heterocycles. The molecule has 7 heteroatoms. The fraction of sp³-hybridized carbons (Fsp3) is 0.462. The van der Waals surface area contributed by atoms with Crippen LogP contribution in [0.15, 0.2) is 24.7 Å². The Labute approximate surface area is 122 Å². The van der Waals surface area contributed by atoms with Crippen LogP contribution in [0.1, 0.15) is 32.0 Å². The molecule has 1 amide bonds. The number of hydrogen-bond donors (Lipinski definition) is 1. The number of carbonyl (C=O) groups excluding carboxylic acids is 1. The zero-order chi connectivity index (χ0) is 14.5. The van der Waals surface area contributed by atoms with Gasteiger partial charge in [0.1, 0.15) is 6.04 Å². The first-order chi connectivity index (χ1) is 9.65. The van der Waals surface area contributed by atoms with E-state index in [1.807, 2.05) is 24.6 Å². The Hall–Kier alpha value is -1.82. The van der Waals surface area contributed by atoms with Crippen LogP contribution in [-0.2, 0) is 17.9 Å². The fourth-order valence-electron chi connectivity index (χ4n) is 2.07. The topological polar surface area (TPSA) is 64.7 Å². The molecule has 0 fully saturated rings. The Bertz CT molecular complexity index is 577. The largest absolute Gasteiger partial charge is 0.349 e. The number of rotatable bonds is 6. The van der Waals surface area contributed by atoms with E-state index < -0.39 is 0 Å². The number of nitrogens with one attached hydrogen (secondary N) is 1. The van der Waals surface area contributed by atoms with Gasteiger partial charge >= 0.3 is 0 Å². The molecule has 0 aliphatic heterocycles. The molecule has 20 heavy (non-hydrogen) atoms. The summed E-state index contributed by atoms with van der Waals surface area (Å²) in [6, 6.07) is 1.55. The minimum absolute atomic E-state index is 0.0730. The van der Waals surface area contributed by atoms with E-state index >= 15 is 0 Å². The Morgan fingerprint density at radius 2 is 2.25 bits per heavy atom. The Morgan fingerprint density at radius 1 is 1.45 bits per heavy atom. The number of amides is 1. The first-order valence-corrected chi connectivity index (χ1v) is 7.01. The van der Waals surface area contributed by atoms with Crippen molar-refractivity contribution >= 4 is 17.5 Å². The van der Waals surface area contributed by atoms with E-state index in [0.717, 1.165) is 12.2 Å². The number of carbonyl (C=O) groups is 1. The third-order valence-corrected chi connectivity index (χ3v) is 3.32. The van der Waals surface area contributed by atoms with E-state index in [1.165, 1.54) is 6.20 Å². The van der Waals surface area contributed by atoms with Crippen molar-refractivity contribution in [2.75, 3.05) is 0 Å². The van der Waals surface area contributed by atoms with Crippen LogP contribution in [-0.4, -0.2) is 25.5 Å². The van der Waals surface area contributed by atoms with E-state index in [4.69, 9.17) is 11.6 Å². The van der Waals surface area contributed by atoms with Crippen molar-refractivity contribution in [3.63, 3.8) is 0 Å². The predicted molar refractivity (Wildman–Crippen MR) is 76.3 cm³/mol. The molecular formula is C13H18ClN5O.